The summed E-state index contributed by atoms with van der Waals surface area (Å²) in [6, 6.07) is 9.89. The second-order valence-electron chi connectivity index (χ2n) is 4.12. The minimum absolute atomic E-state index is 0.0175. The summed E-state index contributed by atoms with van der Waals surface area (Å²) in [7, 11) is 0. The predicted octanol–water partition coefficient (Wildman–Crippen LogP) is 2.64. The van der Waals surface area contributed by atoms with Gasteiger partial charge in [-0.05, 0) is 12.1 Å². The number of carboxylic acid groups (broad SMARTS) is 1. The molecule has 5 nitrogen and oxygen atoms in total. The van der Waals surface area contributed by atoms with E-state index >= 15 is 0 Å². The summed E-state index contributed by atoms with van der Waals surface area (Å²) in [6.07, 6.45) is 0.413. The molecule has 1 aromatic heterocycles. The Hall–Kier alpha value is -1.86. The quantitative estimate of drug-likeness (QED) is 0.766. The lowest BCUT2D eigenvalue weighted by atomic mass is 10.4. The third-order valence-electron chi connectivity index (χ3n) is 2.55. The van der Waals surface area contributed by atoms with Crippen molar-refractivity contribution in [3.8, 4) is 0 Å². The number of carbonyl (C=O) groups is 2. The largest absolute Gasteiger partial charge is 0.476 e. The minimum atomic E-state index is -1.05. The Bertz CT molecular complexity index is 614. The van der Waals surface area contributed by atoms with Crippen LogP contribution >= 0.6 is 23.1 Å². The Labute approximate surface area is 130 Å². The number of thioether (sulfide) groups is 1. The van der Waals surface area contributed by atoms with Crippen LogP contribution in [0.2, 0.25) is 0 Å². The summed E-state index contributed by atoms with van der Waals surface area (Å²) in [6.45, 7) is 0.271. The normalized spacial score (nSPS) is 10.3. The average Bonchev–Trinajstić information content (AvgIpc) is 2.95. The van der Waals surface area contributed by atoms with E-state index in [2.05, 4.69) is 10.3 Å². The molecule has 2 aromatic rings. The molecule has 0 bridgehead atoms. The number of aromatic nitrogens is 1. The van der Waals surface area contributed by atoms with Gasteiger partial charge in [0.2, 0.25) is 5.91 Å². The van der Waals surface area contributed by atoms with E-state index in [1.54, 1.807) is 11.8 Å². The Morgan fingerprint density at radius 2 is 2.05 bits per heavy atom. The zero-order valence-electron chi connectivity index (χ0n) is 11.1. The maximum absolute atomic E-state index is 11.7. The van der Waals surface area contributed by atoms with Gasteiger partial charge in [0.15, 0.2) is 5.69 Å². The topological polar surface area (TPSA) is 79.3 Å². The maximum Gasteiger partial charge on any atom is 0.355 e. The third-order valence-corrected chi connectivity index (χ3v) is 4.41. The van der Waals surface area contributed by atoms with Crippen molar-refractivity contribution in [2.24, 2.45) is 0 Å². The van der Waals surface area contributed by atoms with E-state index in [-0.39, 0.29) is 18.1 Å². The molecule has 1 heterocycles. The monoisotopic (exact) mass is 322 g/mol. The van der Waals surface area contributed by atoms with Gasteiger partial charge in [0.1, 0.15) is 5.01 Å². The van der Waals surface area contributed by atoms with E-state index in [0.717, 1.165) is 4.90 Å². The number of amides is 1. The van der Waals surface area contributed by atoms with Crippen molar-refractivity contribution in [3.63, 3.8) is 0 Å². The molecule has 2 N–H and O–H groups in total. The summed E-state index contributed by atoms with van der Waals surface area (Å²) in [5, 5.41) is 13.6. The Balaban J connectivity index is 1.68. The average molecular weight is 322 g/mol. The lowest BCUT2D eigenvalue weighted by Crippen LogP contribution is -2.23. The summed E-state index contributed by atoms with van der Waals surface area (Å²) >= 11 is 2.86. The number of carboxylic acids is 1. The molecular weight excluding hydrogens is 308 g/mol. The van der Waals surface area contributed by atoms with E-state index in [0.29, 0.717) is 17.2 Å². The van der Waals surface area contributed by atoms with Gasteiger partial charge in [-0.3, -0.25) is 4.79 Å². The van der Waals surface area contributed by atoms with E-state index in [9.17, 15) is 9.59 Å². The molecule has 110 valence electrons. The number of rotatable bonds is 7. The smallest absolute Gasteiger partial charge is 0.355 e. The lowest BCUT2D eigenvalue weighted by molar-refractivity contribution is -0.120. The highest BCUT2D eigenvalue weighted by Crippen LogP contribution is 2.17. The van der Waals surface area contributed by atoms with Gasteiger partial charge in [-0.1, -0.05) is 18.2 Å². The molecule has 0 fully saturated rings. The van der Waals surface area contributed by atoms with Crippen molar-refractivity contribution in [3.05, 3.63) is 46.4 Å². The number of benzene rings is 1. The second-order valence-corrected chi connectivity index (χ2v) is 6.23. The Morgan fingerprint density at radius 1 is 1.29 bits per heavy atom. The van der Waals surface area contributed by atoms with Crippen LogP contribution in [-0.2, 0) is 11.3 Å². The first-order chi connectivity index (χ1) is 10.1. The SMILES string of the molecule is O=C(CCSc1ccccc1)NCc1nc(C(=O)O)cs1. The molecule has 0 atom stereocenters. The molecule has 0 aliphatic rings. The molecule has 0 saturated heterocycles. The number of aromatic carboxylic acids is 1. The van der Waals surface area contributed by atoms with Gasteiger partial charge in [0, 0.05) is 22.4 Å². The van der Waals surface area contributed by atoms with Crippen LogP contribution in [0, 0.1) is 0 Å². The fourth-order valence-corrected chi connectivity index (χ4v) is 3.11. The fraction of sp³-hybridized carbons (Fsp3) is 0.214. The fourth-order valence-electron chi connectivity index (χ4n) is 1.53. The summed E-state index contributed by atoms with van der Waals surface area (Å²) < 4.78 is 0. The zero-order valence-corrected chi connectivity index (χ0v) is 12.7. The van der Waals surface area contributed by atoms with E-state index in [4.69, 9.17) is 5.11 Å². The van der Waals surface area contributed by atoms with Crippen LogP contribution < -0.4 is 5.32 Å². The van der Waals surface area contributed by atoms with E-state index < -0.39 is 5.97 Å². The van der Waals surface area contributed by atoms with Gasteiger partial charge in [-0.15, -0.1) is 23.1 Å². The summed E-state index contributed by atoms with van der Waals surface area (Å²) in [4.78, 5) is 27.4. The minimum Gasteiger partial charge on any atom is -0.476 e. The summed E-state index contributed by atoms with van der Waals surface area (Å²) in [5.74, 6) is -0.415. The van der Waals surface area contributed by atoms with Gasteiger partial charge in [-0.25, -0.2) is 9.78 Å². The molecule has 0 unspecified atom stereocenters. The molecule has 1 amide bonds. The maximum atomic E-state index is 11.7. The van der Waals surface area contributed by atoms with Crippen molar-refractivity contribution < 1.29 is 14.7 Å². The number of thiazole rings is 1. The number of carbonyl (C=O) groups excluding carboxylic acids is 1. The molecular formula is C14H14N2O3S2. The van der Waals surface area contributed by atoms with Crippen LogP contribution in [-0.4, -0.2) is 27.7 Å². The van der Waals surface area contributed by atoms with Gasteiger partial charge < -0.3 is 10.4 Å². The first-order valence-electron chi connectivity index (χ1n) is 6.27. The number of nitrogens with zero attached hydrogens (tertiary/aromatic N) is 1. The van der Waals surface area contributed by atoms with Crippen molar-refractivity contribution in [2.75, 3.05) is 5.75 Å². The standard InChI is InChI=1S/C14H14N2O3S2/c17-12(6-7-20-10-4-2-1-3-5-10)15-8-13-16-11(9-21-13)14(18)19/h1-5,9H,6-8H2,(H,15,17)(H,18,19). The molecule has 0 aliphatic heterocycles. The van der Waals surface area contributed by atoms with Crippen LogP contribution in [0.15, 0.2) is 40.6 Å². The van der Waals surface area contributed by atoms with Gasteiger partial charge >= 0.3 is 5.97 Å². The highest BCUT2D eigenvalue weighted by Gasteiger charge is 2.09. The molecule has 7 heteroatoms. The van der Waals surface area contributed by atoms with Crippen LogP contribution in [0.25, 0.3) is 0 Å². The van der Waals surface area contributed by atoms with Crippen molar-refractivity contribution >= 4 is 35.0 Å². The second kappa shape index (κ2) is 7.80. The van der Waals surface area contributed by atoms with Crippen LogP contribution in [0.3, 0.4) is 0 Å². The lowest BCUT2D eigenvalue weighted by Gasteiger charge is -2.03. The first-order valence-corrected chi connectivity index (χ1v) is 8.14. The highest BCUT2D eigenvalue weighted by molar-refractivity contribution is 7.99. The van der Waals surface area contributed by atoms with Crippen LogP contribution in [0.1, 0.15) is 21.9 Å². The Kier molecular flexibility index (Phi) is 5.77. The molecule has 2 rings (SSSR count). The van der Waals surface area contributed by atoms with Gasteiger partial charge in [-0.2, -0.15) is 0 Å². The third kappa shape index (κ3) is 5.20. The van der Waals surface area contributed by atoms with Crippen molar-refractivity contribution in [1.29, 1.82) is 0 Å². The highest BCUT2D eigenvalue weighted by atomic mass is 32.2. The molecule has 21 heavy (non-hydrogen) atoms. The van der Waals surface area contributed by atoms with Crippen molar-refractivity contribution in [1.82, 2.24) is 10.3 Å². The van der Waals surface area contributed by atoms with Gasteiger partial charge in [0.25, 0.3) is 0 Å². The summed E-state index contributed by atoms with van der Waals surface area (Å²) in [5.41, 5.74) is 0.0175. The van der Waals surface area contributed by atoms with Crippen molar-refractivity contribution in [2.45, 2.75) is 17.9 Å². The molecule has 0 radical (unpaired) electrons. The number of hydrogen-bond donors (Lipinski definition) is 2. The number of nitrogens with one attached hydrogen (secondary N) is 1. The van der Waals surface area contributed by atoms with Gasteiger partial charge in [0.05, 0.1) is 6.54 Å². The molecule has 1 aromatic carbocycles. The first kappa shape index (κ1) is 15.5. The predicted molar refractivity (Wildman–Crippen MR) is 82.7 cm³/mol. The zero-order chi connectivity index (χ0) is 15.1. The van der Waals surface area contributed by atoms with E-state index in [1.807, 2.05) is 30.3 Å². The van der Waals surface area contributed by atoms with Crippen LogP contribution in [0.4, 0.5) is 0 Å². The molecule has 0 aliphatic carbocycles. The Morgan fingerprint density at radius 3 is 2.71 bits per heavy atom. The number of hydrogen-bond acceptors (Lipinski definition) is 5. The van der Waals surface area contributed by atoms with E-state index in [1.165, 1.54) is 16.7 Å². The van der Waals surface area contributed by atoms with Crippen LogP contribution in [0.5, 0.6) is 0 Å². The molecule has 0 spiro atoms. The molecule has 0 saturated carbocycles.